The molecule has 0 aromatic heterocycles. The van der Waals surface area contributed by atoms with Crippen molar-refractivity contribution in [3.8, 4) is 0 Å². The number of fused-ring (bicyclic) bond motifs is 5. The summed E-state index contributed by atoms with van der Waals surface area (Å²) in [6.07, 6.45) is 6.02. The van der Waals surface area contributed by atoms with Crippen LogP contribution in [0.4, 0.5) is 0 Å². The van der Waals surface area contributed by atoms with E-state index in [-0.39, 0.29) is 0 Å². The molecule has 3 fully saturated rings. The van der Waals surface area contributed by atoms with Gasteiger partial charge in [-0.1, -0.05) is 13.3 Å². The van der Waals surface area contributed by atoms with E-state index in [9.17, 15) is 0 Å². The summed E-state index contributed by atoms with van der Waals surface area (Å²) in [7, 11) is 2.35. The van der Waals surface area contributed by atoms with Gasteiger partial charge in [0.15, 0.2) is 0 Å². The van der Waals surface area contributed by atoms with Gasteiger partial charge in [-0.3, -0.25) is 4.90 Å². The average Bonchev–Trinajstić information content (AvgIpc) is 2.66. The molecule has 5 atom stereocenters. The van der Waals surface area contributed by atoms with Crippen LogP contribution in [0.25, 0.3) is 0 Å². The maximum absolute atomic E-state index is 2.69. The average molecular weight is 165 g/mol. The Labute approximate surface area is 75.1 Å². The van der Waals surface area contributed by atoms with E-state index in [0.717, 1.165) is 29.8 Å². The third-order valence-corrected chi connectivity index (χ3v) is 4.85. The van der Waals surface area contributed by atoms with E-state index in [4.69, 9.17) is 0 Å². The molecule has 1 saturated carbocycles. The summed E-state index contributed by atoms with van der Waals surface area (Å²) >= 11 is 0. The highest BCUT2D eigenvalue weighted by molar-refractivity contribution is 5.08. The predicted octanol–water partition coefficient (Wildman–Crippen LogP) is 2.13. The monoisotopic (exact) mass is 165 g/mol. The lowest BCUT2D eigenvalue weighted by molar-refractivity contribution is 0.252. The Morgan fingerprint density at radius 3 is 2.50 bits per heavy atom. The van der Waals surface area contributed by atoms with Crippen molar-refractivity contribution in [1.29, 1.82) is 0 Å². The molecule has 0 spiro atoms. The van der Waals surface area contributed by atoms with Crippen molar-refractivity contribution in [2.24, 2.45) is 17.8 Å². The van der Waals surface area contributed by atoms with E-state index in [1.165, 1.54) is 25.7 Å². The minimum atomic E-state index is 0.970. The Bertz CT molecular complexity index is 199. The van der Waals surface area contributed by atoms with Gasteiger partial charge in [-0.2, -0.15) is 0 Å². The summed E-state index contributed by atoms with van der Waals surface area (Å²) in [6.45, 7) is 2.47. The zero-order valence-electron chi connectivity index (χ0n) is 8.16. The van der Waals surface area contributed by atoms with Crippen molar-refractivity contribution < 1.29 is 0 Å². The molecule has 0 N–H and O–H groups in total. The van der Waals surface area contributed by atoms with E-state index >= 15 is 0 Å². The molecule has 1 nitrogen and oxygen atoms in total. The first-order chi connectivity index (χ1) is 5.79. The summed E-state index contributed by atoms with van der Waals surface area (Å²) < 4.78 is 0. The molecule has 3 rings (SSSR count). The quantitative estimate of drug-likeness (QED) is 0.531. The topological polar surface area (TPSA) is 3.24 Å². The Kier molecular flexibility index (Phi) is 1.39. The van der Waals surface area contributed by atoms with Crippen LogP contribution in [-0.2, 0) is 0 Å². The van der Waals surface area contributed by atoms with Gasteiger partial charge in [0, 0.05) is 12.1 Å². The van der Waals surface area contributed by atoms with Gasteiger partial charge in [0.05, 0.1) is 0 Å². The molecule has 0 radical (unpaired) electrons. The van der Waals surface area contributed by atoms with Crippen LogP contribution in [-0.4, -0.2) is 24.0 Å². The molecule has 3 aliphatic rings. The van der Waals surface area contributed by atoms with Crippen LogP contribution in [0.15, 0.2) is 0 Å². The molecule has 1 heteroatoms. The van der Waals surface area contributed by atoms with Gasteiger partial charge in [-0.15, -0.1) is 0 Å². The van der Waals surface area contributed by atoms with Crippen LogP contribution < -0.4 is 0 Å². The molecular formula is C11H19N. The molecular weight excluding hydrogens is 146 g/mol. The van der Waals surface area contributed by atoms with Crippen molar-refractivity contribution in [1.82, 2.24) is 4.90 Å². The Hall–Kier alpha value is -0.0400. The summed E-state index contributed by atoms with van der Waals surface area (Å²) in [5.74, 6) is 3.19. The lowest BCUT2D eigenvalue weighted by Crippen LogP contribution is -2.28. The molecule has 0 amide bonds. The van der Waals surface area contributed by atoms with Gasteiger partial charge in [0.25, 0.3) is 0 Å². The molecule has 1 aliphatic carbocycles. The van der Waals surface area contributed by atoms with E-state index in [0.29, 0.717) is 0 Å². The zero-order chi connectivity index (χ0) is 8.29. The second kappa shape index (κ2) is 2.25. The van der Waals surface area contributed by atoms with E-state index in [2.05, 4.69) is 18.9 Å². The van der Waals surface area contributed by atoms with Crippen molar-refractivity contribution in [3.63, 3.8) is 0 Å². The standard InChI is InChI=1S/C11H19N/c1-7-3-4-8-9-5-6-10(11(7)8)12(9)2/h7-11H,3-6H2,1-2H3. The summed E-state index contributed by atoms with van der Waals surface area (Å²) in [5, 5.41) is 0. The number of nitrogens with zero attached hydrogens (tertiary/aromatic N) is 1. The van der Waals surface area contributed by atoms with Crippen LogP contribution >= 0.6 is 0 Å². The molecule has 68 valence electrons. The van der Waals surface area contributed by atoms with Gasteiger partial charge in [0.1, 0.15) is 0 Å². The fourth-order valence-electron chi connectivity index (χ4n) is 4.35. The van der Waals surface area contributed by atoms with E-state index in [1.807, 2.05) is 0 Å². The third-order valence-electron chi connectivity index (χ3n) is 4.85. The van der Waals surface area contributed by atoms with Gasteiger partial charge in [-0.05, 0) is 44.1 Å². The molecule has 2 heterocycles. The summed E-state index contributed by atoms with van der Waals surface area (Å²) in [6, 6.07) is 1.95. The highest BCUT2D eigenvalue weighted by Crippen LogP contribution is 2.54. The third kappa shape index (κ3) is 0.693. The maximum atomic E-state index is 2.69. The van der Waals surface area contributed by atoms with Crippen LogP contribution in [0.5, 0.6) is 0 Å². The first-order valence-electron chi connectivity index (χ1n) is 5.51. The summed E-state index contributed by atoms with van der Waals surface area (Å²) in [4.78, 5) is 2.69. The fourth-order valence-corrected chi connectivity index (χ4v) is 4.35. The Morgan fingerprint density at radius 1 is 1.00 bits per heavy atom. The zero-order valence-corrected chi connectivity index (χ0v) is 8.16. The van der Waals surface area contributed by atoms with E-state index in [1.54, 1.807) is 0 Å². The van der Waals surface area contributed by atoms with Crippen molar-refractivity contribution in [2.45, 2.75) is 44.7 Å². The second-order valence-electron chi connectivity index (χ2n) is 5.17. The summed E-state index contributed by atoms with van der Waals surface area (Å²) in [5.41, 5.74) is 0. The molecule has 2 bridgehead atoms. The number of hydrogen-bond acceptors (Lipinski definition) is 1. The fraction of sp³-hybridized carbons (Fsp3) is 1.00. The molecule has 2 saturated heterocycles. The van der Waals surface area contributed by atoms with Gasteiger partial charge < -0.3 is 0 Å². The van der Waals surface area contributed by atoms with E-state index < -0.39 is 0 Å². The lowest BCUT2D eigenvalue weighted by atomic mass is 9.79. The van der Waals surface area contributed by atoms with Crippen molar-refractivity contribution in [3.05, 3.63) is 0 Å². The first kappa shape index (κ1) is 7.37. The highest BCUT2D eigenvalue weighted by atomic mass is 15.2. The Balaban J connectivity index is 1.93. The molecule has 12 heavy (non-hydrogen) atoms. The van der Waals surface area contributed by atoms with Crippen molar-refractivity contribution in [2.75, 3.05) is 7.05 Å². The molecule has 2 aliphatic heterocycles. The van der Waals surface area contributed by atoms with Crippen LogP contribution in [0.1, 0.15) is 32.6 Å². The molecule has 0 aromatic carbocycles. The van der Waals surface area contributed by atoms with Gasteiger partial charge in [-0.25, -0.2) is 0 Å². The van der Waals surface area contributed by atoms with Crippen molar-refractivity contribution >= 4 is 0 Å². The number of hydrogen-bond donors (Lipinski definition) is 0. The minimum absolute atomic E-state index is 0.970. The minimum Gasteiger partial charge on any atom is -0.300 e. The maximum Gasteiger partial charge on any atom is 0.0130 e. The van der Waals surface area contributed by atoms with Crippen LogP contribution in [0.2, 0.25) is 0 Å². The smallest absolute Gasteiger partial charge is 0.0130 e. The molecule has 0 aromatic rings. The lowest BCUT2D eigenvalue weighted by Gasteiger charge is -2.25. The van der Waals surface area contributed by atoms with Crippen LogP contribution in [0, 0.1) is 17.8 Å². The Morgan fingerprint density at radius 2 is 1.75 bits per heavy atom. The van der Waals surface area contributed by atoms with Gasteiger partial charge in [0.2, 0.25) is 0 Å². The second-order valence-corrected chi connectivity index (χ2v) is 5.17. The highest BCUT2D eigenvalue weighted by Gasteiger charge is 2.55. The normalized spacial score (nSPS) is 58.0. The number of rotatable bonds is 0. The predicted molar refractivity (Wildman–Crippen MR) is 50.0 cm³/mol. The first-order valence-corrected chi connectivity index (χ1v) is 5.51. The molecule has 5 unspecified atom stereocenters. The SMILES string of the molecule is CC1CCC2C1C1CCC2N1C. The van der Waals surface area contributed by atoms with Crippen LogP contribution in [0.3, 0.4) is 0 Å². The van der Waals surface area contributed by atoms with Gasteiger partial charge >= 0.3 is 0 Å². The largest absolute Gasteiger partial charge is 0.300 e.